The highest BCUT2D eigenvalue weighted by molar-refractivity contribution is 7.89. The van der Waals surface area contributed by atoms with Crippen LogP contribution < -0.4 is 10.5 Å². The summed E-state index contributed by atoms with van der Waals surface area (Å²) in [6.45, 7) is 6.28. The van der Waals surface area contributed by atoms with Crippen LogP contribution in [0.5, 0.6) is 0 Å². The topological polar surface area (TPSA) is 72.2 Å². The summed E-state index contributed by atoms with van der Waals surface area (Å²) in [5.41, 5.74) is 1.87. The Hall–Kier alpha value is -1.07. The first-order chi connectivity index (χ1) is 9.34. The molecule has 0 aromatic heterocycles. The van der Waals surface area contributed by atoms with Gasteiger partial charge in [-0.1, -0.05) is 38.7 Å². The summed E-state index contributed by atoms with van der Waals surface area (Å²) in [4.78, 5) is 0.156. The molecule has 0 aliphatic carbocycles. The Kier molecular flexibility index (Phi) is 6.49. The van der Waals surface area contributed by atoms with Crippen molar-refractivity contribution in [3.05, 3.63) is 23.8 Å². The van der Waals surface area contributed by atoms with Crippen molar-refractivity contribution in [1.82, 2.24) is 0 Å². The van der Waals surface area contributed by atoms with E-state index in [4.69, 9.17) is 5.14 Å². The van der Waals surface area contributed by atoms with Crippen LogP contribution >= 0.6 is 0 Å². The van der Waals surface area contributed by atoms with E-state index in [1.807, 2.05) is 6.92 Å². The van der Waals surface area contributed by atoms with Crippen molar-refractivity contribution in [3.8, 4) is 0 Å². The van der Waals surface area contributed by atoms with Crippen molar-refractivity contribution in [1.29, 1.82) is 0 Å². The predicted molar refractivity (Wildman–Crippen MR) is 84.4 cm³/mol. The van der Waals surface area contributed by atoms with Crippen LogP contribution in [0, 0.1) is 6.92 Å². The Labute approximate surface area is 122 Å². The first kappa shape index (κ1) is 17.0. The molecule has 1 unspecified atom stereocenters. The summed E-state index contributed by atoms with van der Waals surface area (Å²) in [5, 5.41) is 8.54. The van der Waals surface area contributed by atoms with Gasteiger partial charge in [0.05, 0.1) is 4.90 Å². The molecule has 0 heterocycles. The van der Waals surface area contributed by atoms with E-state index in [0.29, 0.717) is 6.04 Å². The zero-order valence-corrected chi connectivity index (χ0v) is 13.5. The van der Waals surface area contributed by atoms with E-state index >= 15 is 0 Å². The van der Waals surface area contributed by atoms with Gasteiger partial charge < -0.3 is 5.32 Å². The molecule has 3 N–H and O–H groups in total. The molecule has 0 aliphatic rings. The third-order valence-electron chi connectivity index (χ3n) is 3.43. The Morgan fingerprint density at radius 1 is 1.25 bits per heavy atom. The van der Waals surface area contributed by atoms with E-state index in [2.05, 4.69) is 19.2 Å². The molecule has 1 aromatic rings. The lowest BCUT2D eigenvalue weighted by Gasteiger charge is -2.17. The molecule has 0 saturated carbocycles. The fourth-order valence-electron chi connectivity index (χ4n) is 2.15. The maximum absolute atomic E-state index is 11.4. The van der Waals surface area contributed by atoms with Crippen molar-refractivity contribution < 1.29 is 8.42 Å². The number of aryl methyl sites for hydroxylation is 1. The number of nitrogens with two attached hydrogens (primary N) is 1. The minimum absolute atomic E-state index is 0.156. The molecule has 0 fully saturated rings. The Balaban J connectivity index is 2.67. The van der Waals surface area contributed by atoms with Crippen molar-refractivity contribution in [2.24, 2.45) is 5.14 Å². The summed E-state index contributed by atoms with van der Waals surface area (Å²) in [6, 6.07) is 5.27. The van der Waals surface area contributed by atoms with Gasteiger partial charge in [0.1, 0.15) is 0 Å². The molecule has 1 atom stereocenters. The quantitative estimate of drug-likeness (QED) is 0.722. The van der Waals surface area contributed by atoms with Crippen LogP contribution in [0.2, 0.25) is 0 Å². The lowest BCUT2D eigenvalue weighted by molar-refractivity contribution is 0.593. The molecule has 114 valence electrons. The van der Waals surface area contributed by atoms with Gasteiger partial charge >= 0.3 is 0 Å². The third kappa shape index (κ3) is 5.51. The molecule has 0 radical (unpaired) electrons. The summed E-state index contributed by atoms with van der Waals surface area (Å²) in [5.74, 6) is 0. The Bertz CT molecular complexity index is 527. The van der Waals surface area contributed by atoms with Crippen molar-refractivity contribution in [2.45, 2.75) is 63.8 Å². The second kappa shape index (κ2) is 7.64. The van der Waals surface area contributed by atoms with E-state index in [-0.39, 0.29) is 4.90 Å². The van der Waals surface area contributed by atoms with E-state index in [0.717, 1.165) is 17.7 Å². The van der Waals surface area contributed by atoms with Crippen LogP contribution in [0.1, 0.15) is 51.5 Å². The Morgan fingerprint density at radius 3 is 2.55 bits per heavy atom. The van der Waals surface area contributed by atoms with Gasteiger partial charge in [-0.3, -0.25) is 0 Å². The van der Waals surface area contributed by atoms with E-state index in [1.165, 1.54) is 25.7 Å². The zero-order chi connectivity index (χ0) is 15.2. The number of rotatable bonds is 8. The molecule has 20 heavy (non-hydrogen) atoms. The number of hydrogen-bond donors (Lipinski definition) is 2. The molecule has 0 amide bonds. The predicted octanol–water partition coefficient (Wildman–Crippen LogP) is 3.41. The monoisotopic (exact) mass is 298 g/mol. The van der Waals surface area contributed by atoms with Gasteiger partial charge in [-0.15, -0.1) is 0 Å². The highest BCUT2D eigenvalue weighted by atomic mass is 32.2. The van der Waals surface area contributed by atoms with E-state index in [9.17, 15) is 8.42 Å². The fourth-order valence-corrected chi connectivity index (χ4v) is 2.69. The van der Waals surface area contributed by atoms with Gasteiger partial charge in [0.2, 0.25) is 10.0 Å². The van der Waals surface area contributed by atoms with Crippen LogP contribution in [0.4, 0.5) is 5.69 Å². The second-order valence-corrected chi connectivity index (χ2v) is 6.98. The largest absolute Gasteiger partial charge is 0.382 e. The van der Waals surface area contributed by atoms with E-state index < -0.39 is 10.0 Å². The Morgan fingerprint density at radius 2 is 1.95 bits per heavy atom. The normalized spacial score (nSPS) is 13.2. The highest BCUT2D eigenvalue weighted by Crippen LogP contribution is 2.21. The van der Waals surface area contributed by atoms with E-state index in [1.54, 1.807) is 18.2 Å². The molecular weight excluding hydrogens is 272 g/mol. The number of nitrogens with one attached hydrogen (secondary N) is 1. The minimum atomic E-state index is -3.64. The highest BCUT2D eigenvalue weighted by Gasteiger charge is 2.11. The standard InChI is InChI=1S/C15H26N2O2S/c1-4-5-6-7-8-13(3)17-15-11-14(20(16,18)19)10-9-12(15)2/h9-11,13,17H,4-8H2,1-3H3,(H2,16,18,19). The molecule has 0 spiro atoms. The fraction of sp³-hybridized carbons (Fsp3) is 0.600. The molecule has 1 rings (SSSR count). The summed E-state index contributed by atoms with van der Waals surface area (Å²) in [6.07, 6.45) is 6.03. The lowest BCUT2D eigenvalue weighted by Crippen LogP contribution is -2.17. The van der Waals surface area contributed by atoms with Crippen molar-refractivity contribution in [3.63, 3.8) is 0 Å². The molecule has 5 heteroatoms. The summed E-state index contributed by atoms with van der Waals surface area (Å²) in [7, 11) is -3.64. The number of hydrogen-bond acceptors (Lipinski definition) is 3. The van der Waals surface area contributed by atoms with Gasteiger partial charge in [-0.2, -0.15) is 0 Å². The first-order valence-corrected chi connectivity index (χ1v) is 8.79. The maximum atomic E-state index is 11.4. The third-order valence-corrected chi connectivity index (χ3v) is 4.34. The van der Waals surface area contributed by atoms with Crippen LogP contribution in [0.25, 0.3) is 0 Å². The molecule has 1 aromatic carbocycles. The number of anilines is 1. The number of unbranched alkanes of at least 4 members (excludes halogenated alkanes) is 3. The van der Waals surface area contributed by atoms with Gasteiger partial charge in [0, 0.05) is 11.7 Å². The van der Waals surface area contributed by atoms with Crippen LogP contribution in [-0.4, -0.2) is 14.5 Å². The second-order valence-electron chi connectivity index (χ2n) is 5.42. The van der Waals surface area contributed by atoms with Gasteiger partial charge in [-0.05, 0) is 38.0 Å². The van der Waals surface area contributed by atoms with Gasteiger partial charge in [0.15, 0.2) is 0 Å². The van der Waals surface area contributed by atoms with Crippen molar-refractivity contribution in [2.75, 3.05) is 5.32 Å². The molecule has 0 bridgehead atoms. The number of benzene rings is 1. The maximum Gasteiger partial charge on any atom is 0.238 e. The van der Waals surface area contributed by atoms with Crippen molar-refractivity contribution >= 4 is 15.7 Å². The van der Waals surface area contributed by atoms with Crippen LogP contribution in [0.3, 0.4) is 0 Å². The molecule has 0 aliphatic heterocycles. The smallest absolute Gasteiger partial charge is 0.238 e. The molecule has 0 saturated heterocycles. The average Bonchev–Trinajstić information content (AvgIpc) is 2.36. The van der Waals surface area contributed by atoms with Gasteiger partial charge in [0.25, 0.3) is 0 Å². The summed E-state index contributed by atoms with van der Waals surface area (Å²) >= 11 is 0. The SMILES string of the molecule is CCCCCCC(C)Nc1cc(S(N)(=O)=O)ccc1C. The molecular formula is C15H26N2O2S. The average molecular weight is 298 g/mol. The minimum Gasteiger partial charge on any atom is -0.382 e. The van der Waals surface area contributed by atoms with Crippen LogP contribution in [-0.2, 0) is 10.0 Å². The summed E-state index contributed by atoms with van der Waals surface area (Å²) < 4.78 is 22.8. The number of sulfonamides is 1. The lowest BCUT2D eigenvalue weighted by atomic mass is 10.1. The molecule has 4 nitrogen and oxygen atoms in total. The zero-order valence-electron chi connectivity index (χ0n) is 12.6. The number of primary sulfonamides is 1. The van der Waals surface area contributed by atoms with Gasteiger partial charge in [-0.25, -0.2) is 13.6 Å². The van der Waals surface area contributed by atoms with Crippen LogP contribution in [0.15, 0.2) is 23.1 Å². The first-order valence-electron chi connectivity index (χ1n) is 7.24.